The summed E-state index contributed by atoms with van der Waals surface area (Å²) in [5.74, 6) is -0.523. The zero-order valence-corrected chi connectivity index (χ0v) is 23.2. The molecule has 1 N–H and O–H groups in total. The molecule has 0 aliphatic rings. The summed E-state index contributed by atoms with van der Waals surface area (Å²) in [6, 6.07) is 29.4. The number of para-hydroxylation sites is 2. The molecule has 8 heteroatoms. The predicted molar refractivity (Wildman–Crippen MR) is 164 cm³/mol. The lowest BCUT2D eigenvalue weighted by atomic mass is 10.1. The Morgan fingerprint density at radius 3 is 2.40 bits per heavy atom. The lowest BCUT2D eigenvalue weighted by molar-refractivity contribution is -0.111. The van der Waals surface area contributed by atoms with Crippen LogP contribution >= 0.6 is 0 Å². The van der Waals surface area contributed by atoms with Gasteiger partial charge in [-0.25, -0.2) is 9.07 Å². The van der Waals surface area contributed by atoms with Crippen LogP contribution in [0.2, 0.25) is 0 Å². The van der Waals surface area contributed by atoms with Gasteiger partial charge in [-0.2, -0.15) is 5.10 Å². The number of carbonyl (C=O) groups is 2. The third-order valence-corrected chi connectivity index (χ3v) is 6.77. The normalized spacial score (nSPS) is 11.2. The number of amides is 1. The van der Waals surface area contributed by atoms with Crippen molar-refractivity contribution in [3.63, 3.8) is 0 Å². The first kappa shape index (κ1) is 27.4. The highest BCUT2D eigenvalue weighted by Gasteiger charge is 2.23. The van der Waals surface area contributed by atoms with Crippen LogP contribution in [-0.2, 0) is 4.79 Å². The van der Waals surface area contributed by atoms with E-state index in [1.54, 1.807) is 77.6 Å². The average Bonchev–Trinajstić information content (AvgIpc) is 3.63. The summed E-state index contributed by atoms with van der Waals surface area (Å²) >= 11 is 0. The second-order valence-corrected chi connectivity index (χ2v) is 9.63. The standard InChI is InChI=1S/C35H26FN3O4/c1-2-42-28-19-14-24(15-20-28)34(41)35-33(29-10-6-7-11-30(29)43-35)37-31(40)21-16-25-22-39(27-8-4-3-5-9-27)38-32(25)23-12-17-26(36)18-13-23/h3-22H,2H2,1H3,(H,37,40)/b21-16+. The maximum atomic E-state index is 13.6. The SMILES string of the molecule is CCOc1ccc(C(=O)c2oc3ccccc3c2NC(=O)/C=C/c2cn(-c3ccccc3)nc2-c2ccc(F)cc2)cc1. The minimum atomic E-state index is -0.468. The minimum absolute atomic E-state index is 0.0241. The number of hydrogen-bond acceptors (Lipinski definition) is 5. The summed E-state index contributed by atoms with van der Waals surface area (Å²) in [6.45, 7) is 2.40. The Balaban J connectivity index is 1.32. The van der Waals surface area contributed by atoms with Crippen LogP contribution in [0.4, 0.5) is 10.1 Å². The second kappa shape index (κ2) is 12.0. The van der Waals surface area contributed by atoms with Gasteiger partial charge in [0.1, 0.15) is 17.1 Å². The molecule has 0 unspecified atom stereocenters. The van der Waals surface area contributed by atoms with E-state index in [1.807, 2.05) is 37.3 Å². The quantitative estimate of drug-likeness (QED) is 0.142. The maximum Gasteiger partial charge on any atom is 0.248 e. The summed E-state index contributed by atoms with van der Waals surface area (Å²) in [7, 11) is 0. The van der Waals surface area contributed by atoms with E-state index >= 15 is 0 Å². The van der Waals surface area contributed by atoms with Gasteiger partial charge in [-0.3, -0.25) is 9.59 Å². The van der Waals surface area contributed by atoms with Crippen molar-refractivity contribution in [1.82, 2.24) is 9.78 Å². The van der Waals surface area contributed by atoms with E-state index in [4.69, 9.17) is 14.3 Å². The van der Waals surface area contributed by atoms with Crippen molar-refractivity contribution < 1.29 is 23.1 Å². The molecule has 1 amide bonds. The van der Waals surface area contributed by atoms with Crippen LogP contribution in [0.1, 0.15) is 28.6 Å². The molecule has 0 spiro atoms. The topological polar surface area (TPSA) is 86.4 Å². The number of halogens is 1. The van der Waals surface area contributed by atoms with Crippen LogP contribution in [0.25, 0.3) is 34.0 Å². The van der Waals surface area contributed by atoms with E-state index in [1.165, 1.54) is 18.2 Å². The van der Waals surface area contributed by atoms with Gasteiger partial charge >= 0.3 is 0 Å². The third-order valence-electron chi connectivity index (χ3n) is 6.77. The van der Waals surface area contributed by atoms with Crippen molar-refractivity contribution in [1.29, 1.82) is 0 Å². The lowest BCUT2D eigenvalue weighted by Crippen LogP contribution is -2.11. The minimum Gasteiger partial charge on any atom is -0.494 e. The molecular formula is C35H26FN3O4. The van der Waals surface area contributed by atoms with Crippen LogP contribution in [0, 0.1) is 5.82 Å². The number of carbonyl (C=O) groups excluding carboxylic acids is 2. The number of rotatable bonds is 9. The lowest BCUT2D eigenvalue weighted by Gasteiger charge is -2.06. The number of nitrogens with one attached hydrogen (secondary N) is 1. The van der Waals surface area contributed by atoms with Crippen LogP contribution in [-0.4, -0.2) is 28.1 Å². The maximum absolute atomic E-state index is 13.6. The summed E-state index contributed by atoms with van der Waals surface area (Å²) < 4.78 is 26.7. The Bertz CT molecular complexity index is 1940. The van der Waals surface area contributed by atoms with E-state index in [9.17, 15) is 14.0 Å². The Morgan fingerprint density at radius 2 is 1.65 bits per heavy atom. The van der Waals surface area contributed by atoms with Gasteiger partial charge < -0.3 is 14.5 Å². The van der Waals surface area contributed by atoms with E-state index in [0.717, 1.165) is 5.69 Å². The zero-order chi connectivity index (χ0) is 29.8. The van der Waals surface area contributed by atoms with E-state index in [0.29, 0.717) is 45.7 Å². The molecule has 7 nitrogen and oxygen atoms in total. The first-order valence-corrected chi connectivity index (χ1v) is 13.7. The molecule has 0 saturated heterocycles. The molecule has 4 aromatic carbocycles. The van der Waals surface area contributed by atoms with E-state index < -0.39 is 5.91 Å². The molecule has 2 aromatic heterocycles. The van der Waals surface area contributed by atoms with Gasteiger partial charge in [-0.15, -0.1) is 0 Å². The van der Waals surface area contributed by atoms with Gasteiger partial charge in [-0.1, -0.05) is 30.3 Å². The first-order chi connectivity index (χ1) is 21.0. The molecule has 0 bridgehead atoms. The van der Waals surface area contributed by atoms with Gasteiger partial charge in [0.15, 0.2) is 5.76 Å². The smallest absolute Gasteiger partial charge is 0.248 e. The number of anilines is 1. The highest BCUT2D eigenvalue weighted by atomic mass is 19.1. The number of aromatic nitrogens is 2. The molecule has 6 aromatic rings. The number of hydrogen-bond donors (Lipinski definition) is 1. The van der Waals surface area contributed by atoms with Crippen molar-refractivity contribution in [2.75, 3.05) is 11.9 Å². The van der Waals surface area contributed by atoms with Crippen LogP contribution in [0.3, 0.4) is 0 Å². The van der Waals surface area contributed by atoms with Crippen LogP contribution < -0.4 is 10.1 Å². The van der Waals surface area contributed by atoms with E-state index in [2.05, 4.69) is 5.32 Å². The summed E-state index contributed by atoms with van der Waals surface area (Å²) in [5, 5.41) is 8.16. The predicted octanol–water partition coefficient (Wildman–Crippen LogP) is 7.71. The van der Waals surface area contributed by atoms with Crippen molar-refractivity contribution in [3.8, 4) is 22.7 Å². The average molecular weight is 572 g/mol. The molecule has 2 heterocycles. The third kappa shape index (κ3) is 5.85. The van der Waals surface area contributed by atoms with Crippen molar-refractivity contribution in [3.05, 3.63) is 138 Å². The highest BCUT2D eigenvalue weighted by Crippen LogP contribution is 2.33. The summed E-state index contributed by atoms with van der Waals surface area (Å²) in [5.41, 5.74) is 3.89. The number of fused-ring (bicyclic) bond motifs is 1. The zero-order valence-electron chi connectivity index (χ0n) is 23.2. The first-order valence-electron chi connectivity index (χ1n) is 13.7. The Morgan fingerprint density at radius 1 is 0.930 bits per heavy atom. The summed E-state index contributed by atoms with van der Waals surface area (Å²) in [6.07, 6.45) is 4.80. The van der Waals surface area contributed by atoms with Gasteiger partial charge in [0.2, 0.25) is 11.7 Å². The Hall–Kier alpha value is -5.76. The van der Waals surface area contributed by atoms with Crippen LogP contribution in [0.5, 0.6) is 5.75 Å². The number of nitrogens with zero attached hydrogens (tertiary/aromatic N) is 2. The molecule has 0 aliphatic heterocycles. The van der Waals surface area contributed by atoms with Gasteiger partial charge in [0.05, 0.1) is 23.7 Å². The molecule has 212 valence electrons. The Labute approximate surface area is 246 Å². The van der Waals surface area contributed by atoms with Gasteiger partial charge in [-0.05, 0) is 85.8 Å². The largest absolute Gasteiger partial charge is 0.494 e. The fraction of sp³-hybridized carbons (Fsp3) is 0.0571. The molecule has 0 fully saturated rings. The molecule has 0 aliphatic carbocycles. The van der Waals surface area contributed by atoms with Crippen molar-refractivity contribution in [2.45, 2.75) is 6.92 Å². The molecule has 0 radical (unpaired) electrons. The van der Waals surface area contributed by atoms with E-state index in [-0.39, 0.29) is 23.0 Å². The molecule has 6 rings (SSSR count). The fourth-order valence-electron chi connectivity index (χ4n) is 4.71. The van der Waals surface area contributed by atoms with Crippen molar-refractivity contribution in [2.24, 2.45) is 0 Å². The number of ether oxygens (including phenoxy) is 1. The number of furan rings is 1. The molecule has 43 heavy (non-hydrogen) atoms. The van der Waals surface area contributed by atoms with Gasteiger partial charge in [0.25, 0.3) is 0 Å². The van der Waals surface area contributed by atoms with Crippen molar-refractivity contribution >= 4 is 34.4 Å². The Kier molecular flexibility index (Phi) is 7.65. The number of ketones is 1. The molecule has 0 saturated carbocycles. The highest BCUT2D eigenvalue weighted by molar-refractivity contribution is 6.18. The molecular weight excluding hydrogens is 545 g/mol. The van der Waals surface area contributed by atoms with Gasteiger partial charge in [0, 0.05) is 34.3 Å². The monoisotopic (exact) mass is 571 g/mol. The second-order valence-electron chi connectivity index (χ2n) is 9.63. The number of benzene rings is 4. The molecule has 0 atom stereocenters. The summed E-state index contributed by atoms with van der Waals surface area (Å²) in [4.78, 5) is 26.8. The van der Waals surface area contributed by atoms with Crippen LogP contribution in [0.15, 0.2) is 120 Å². The fourth-order valence-corrected chi connectivity index (χ4v) is 4.71.